The molecule has 0 saturated heterocycles. The van der Waals surface area contributed by atoms with E-state index in [2.05, 4.69) is 4.98 Å². The fourth-order valence-electron chi connectivity index (χ4n) is 3.18. The highest BCUT2D eigenvalue weighted by molar-refractivity contribution is 6.19. The summed E-state index contributed by atoms with van der Waals surface area (Å²) < 4.78 is 5.91. The summed E-state index contributed by atoms with van der Waals surface area (Å²) in [5, 5.41) is 15.1. The van der Waals surface area contributed by atoms with Gasteiger partial charge in [-0.1, -0.05) is 36.4 Å². The lowest BCUT2D eigenvalue weighted by molar-refractivity contribution is 0.487. The Balaban J connectivity index is 2.09. The number of aromatic hydroxyl groups is 1. The van der Waals surface area contributed by atoms with Crippen LogP contribution in [0.4, 0.5) is 0 Å². The quantitative estimate of drug-likeness (QED) is 0.407. The van der Waals surface area contributed by atoms with E-state index < -0.39 is 0 Å². The number of fused-ring (bicyclic) bond motifs is 6. The predicted molar refractivity (Wildman–Crippen MR) is 88.2 cm³/mol. The van der Waals surface area contributed by atoms with Crippen LogP contribution in [0.15, 0.2) is 65.2 Å². The zero-order valence-corrected chi connectivity index (χ0v) is 11.6. The van der Waals surface area contributed by atoms with E-state index in [1.807, 2.05) is 54.6 Å². The third-order valence-electron chi connectivity index (χ3n) is 4.21. The number of phenols is 1. The second kappa shape index (κ2) is 3.98. The van der Waals surface area contributed by atoms with Gasteiger partial charge in [0.15, 0.2) is 0 Å². The second-order valence-electron chi connectivity index (χ2n) is 5.43. The van der Waals surface area contributed by atoms with E-state index in [1.54, 1.807) is 6.20 Å². The van der Waals surface area contributed by atoms with Crippen molar-refractivity contribution >= 4 is 43.6 Å². The van der Waals surface area contributed by atoms with E-state index in [9.17, 15) is 5.11 Å². The van der Waals surface area contributed by atoms with E-state index in [1.165, 1.54) is 0 Å². The van der Waals surface area contributed by atoms with Gasteiger partial charge in [0.05, 0.1) is 10.9 Å². The topological polar surface area (TPSA) is 46.3 Å². The minimum Gasteiger partial charge on any atom is -0.506 e. The van der Waals surface area contributed by atoms with Crippen molar-refractivity contribution in [3.63, 3.8) is 0 Å². The Kier molecular flexibility index (Phi) is 2.09. The van der Waals surface area contributed by atoms with Crippen molar-refractivity contribution in [1.29, 1.82) is 0 Å². The number of rotatable bonds is 0. The highest BCUT2D eigenvalue weighted by Gasteiger charge is 2.15. The lowest BCUT2D eigenvalue weighted by atomic mass is 10.0. The van der Waals surface area contributed by atoms with Crippen LogP contribution in [0.1, 0.15) is 0 Å². The van der Waals surface area contributed by atoms with Gasteiger partial charge in [-0.3, -0.25) is 4.98 Å². The smallest absolute Gasteiger partial charge is 0.139 e. The summed E-state index contributed by atoms with van der Waals surface area (Å²) in [5.74, 6) is 0.232. The van der Waals surface area contributed by atoms with Crippen LogP contribution in [0.5, 0.6) is 5.75 Å². The summed E-state index contributed by atoms with van der Waals surface area (Å²) >= 11 is 0. The van der Waals surface area contributed by atoms with Crippen molar-refractivity contribution < 1.29 is 9.52 Å². The molecule has 5 rings (SSSR count). The van der Waals surface area contributed by atoms with Gasteiger partial charge in [-0.25, -0.2) is 0 Å². The largest absolute Gasteiger partial charge is 0.506 e. The van der Waals surface area contributed by atoms with Crippen molar-refractivity contribution in [2.45, 2.75) is 0 Å². The molecule has 3 heteroatoms. The maximum absolute atomic E-state index is 10.8. The Morgan fingerprint density at radius 2 is 1.55 bits per heavy atom. The Bertz CT molecular complexity index is 1190. The predicted octanol–water partition coefficient (Wildman–Crippen LogP) is 4.99. The third kappa shape index (κ3) is 1.37. The number of benzene rings is 3. The molecule has 0 amide bonds. The lowest BCUT2D eigenvalue weighted by Gasteiger charge is -2.05. The Labute approximate surface area is 125 Å². The van der Waals surface area contributed by atoms with Gasteiger partial charge in [-0.2, -0.15) is 0 Å². The average molecular weight is 285 g/mol. The van der Waals surface area contributed by atoms with Crippen LogP contribution in [0.2, 0.25) is 0 Å². The fraction of sp³-hybridized carbons (Fsp3) is 0. The van der Waals surface area contributed by atoms with Crippen LogP contribution in [-0.2, 0) is 0 Å². The molecule has 0 bridgehead atoms. The third-order valence-corrected chi connectivity index (χ3v) is 4.21. The molecule has 2 heterocycles. The van der Waals surface area contributed by atoms with Gasteiger partial charge >= 0.3 is 0 Å². The minimum absolute atomic E-state index is 0.232. The van der Waals surface area contributed by atoms with E-state index in [0.717, 1.165) is 38.0 Å². The van der Waals surface area contributed by atoms with E-state index in [4.69, 9.17) is 4.42 Å². The first-order valence-corrected chi connectivity index (χ1v) is 7.13. The summed E-state index contributed by atoms with van der Waals surface area (Å²) in [4.78, 5) is 4.45. The molecule has 3 aromatic carbocycles. The second-order valence-corrected chi connectivity index (χ2v) is 5.43. The summed E-state index contributed by atoms with van der Waals surface area (Å²) in [6, 6.07) is 17.7. The maximum atomic E-state index is 10.8. The van der Waals surface area contributed by atoms with Gasteiger partial charge in [0.25, 0.3) is 0 Å². The van der Waals surface area contributed by atoms with Gasteiger partial charge in [0.1, 0.15) is 16.9 Å². The summed E-state index contributed by atoms with van der Waals surface area (Å²) in [6.45, 7) is 0. The molecule has 0 fully saturated rings. The first-order chi connectivity index (χ1) is 10.8. The first-order valence-electron chi connectivity index (χ1n) is 7.13. The van der Waals surface area contributed by atoms with Crippen molar-refractivity contribution in [1.82, 2.24) is 4.98 Å². The number of para-hydroxylation sites is 2. The average Bonchev–Trinajstić information content (AvgIpc) is 2.93. The van der Waals surface area contributed by atoms with E-state index in [0.29, 0.717) is 5.58 Å². The van der Waals surface area contributed by atoms with Crippen LogP contribution in [-0.4, -0.2) is 10.1 Å². The number of phenolic OH excluding ortho intramolecular Hbond substituents is 1. The molecule has 104 valence electrons. The zero-order valence-electron chi connectivity index (χ0n) is 11.6. The number of aromatic nitrogens is 1. The SMILES string of the molecule is Oc1c2cnc3ccccc3c2cc2oc3ccccc3c12. The Morgan fingerprint density at radius 3 is 2.45 bits per heavy atom. The standard InChI is InChI=1S/C19H11NO2/c21-19-14-10-20-15-7-3-1-5-11(15)13(14)9-17-18(19)12-6-2-4-8-16(12)22-17/h1-10,21H. The molecule has 0 spiro atoms. The molecule has 0 saturated carbocycles. The van der Waals surface area contributed by atoms with E-state index in [-0.39, 0.29) is 5.75 Å². The summed E-state index contributed by atoms with van der Waals surface area (Å²) in [6.07, 6.45) is 1.73. The molecule has 22 heavy (non-hydrogen) atoms. The lowest BCUT2D eigenvalue weighted by Crippen LogP contribution is -1.83. The van der Waals surface area contributed by atoms with Crippen LogP contribution in [0, 0.1) is 0 Å². The molecular formula is C19H11NO2. The van der Waals surface area contributed by atoms with E-state index >= 15 is 0 Å². The molecule has 5 aromatic rings. The number of hydrogen-bond acceptors (Lipinski definition) is 3. The van der Waals surface area contributed by atoms with Gasteiger partial charge in [0, 0.05) is 27.7 Å². The van der Waals surface area contributed by atoms with Crippen molar-refractivity contribution in [2.75, 3.05) is 0 Å². The zero-order chi connectivity index (χ0) is 14.7. The monoisotopic (exact) mass is 285 g/mol. The van der Waals surface area contributed by atoms with Crippen LogP contribution < -0.4 is 0 Å². The van der Waals surface area contributed by atoms with Gasteiger partial charge in [-0.05, 0) is 18.2 Å². The molecule has 0 aliphatic carbocycles. The van der Waals surface area contributed by atoms with Crippen LogP contribution in [0.3, 0.4) is 0 Å². The van der Waals surface area contributed by atoms with Gasteiger partial charge in [0.2, 0.25) is 0 Å². The summed E-state index contributed by atoms with van der Waals surface area (Å²) in [7, 11) is 0. The molecule has 0 radical (unpaired) electrons. The maximum Gasteiger partial charge on any atom is 0.139 e. The minimum atomic E-state index is 0.232. The fourth-order valence-corrected chi connectivity index (χ4v) is 3.18. The molecule has 0 unspecified atom stereocenters. The number of nitrogens with zero attached hydrogens (tertiary/aromatic N) is 1. The molecule has 2 aromatic heterocycles. The van der Waals surface area contributed by atoms with Crippen molar-refractivity contribution in [2.24, 2.45) is 0 Å². The van der Waals surface area contributed by atoms with Gasteiger partial charge in [-0.15, -0.1) is 0 Å². The number of pyridine rings is 1. The molecular weight excluding hydrogens is 274 g/mol. The normalized spacial score (nSPS) is 11.8. The molecule has 0 aliphatic rings. The Hall–Kier alpha value is -3.07. The van der Waals surface area contributed by atoms with Crippen LogP contribution >= 0.6 is 0 Å². The highest BCUT2D eigenvalue weighted by Crippen LogP contribution is 2.41. The number of furan rings is 1. The Morgan fingerprint density at radius 1 is 0.773 bits per heavy atom. The van der Waals surface area contributed by atoms with Crippen molar-refractivity contribution in [3.8, 4) is 5.75 Å². The van der Waals surface area contributed by atoms with Crippen molar-refractivity contribution in [3.05, 3.63) is 60.8 Å². The molecule has 0 aliphatic heterocycles. The summed E-state index contributed by atoms with van der Waals surface area (Å²) in [5.41, 5.74) is 2.38. The van der Waals surface area contributed by atoms with Gasteiger partial charge < -0.3 is 9.52 Å². The first kappa shape index (κ1) is 11.6. The molecule has 3 nitrogen and oxygen atoms in total. The molecule has 0 atom stereocenters. The van der Waals surface area contributed by atoms with Crippen LogP contribution in [0.25, 0.3) is 43.6 Å². The highest BCUT2D eigenvalue weighted by atomic mass is 16.3. The number of hydrogen-bond donors (Lipinski definition) is 1. The molecule has 1 N–H and O–H groups in total.